The van der Waals surface area contributed by atoms with Gasteiger partial charge in [0.1, 0.15) is 5.02 Å². The number of fused-ring (bicyclic) bond motifs is 2. The first kappa shape index (κ1) is 21.6. The largest absolute Gasteiger partial charge is 0.293 e. The van der Waals surface area contributed by atoms with Crippen molar-refractivity contribution in [3.05, 3.63) is 125 Å². The standard InChI is InChI=1S/C31H24ClN3/c1-31(2)23-17-9-11-19-25(23)35(26-20-12-10-18-24(26)31)30-27(32)28(21-13-5-3-6-14-21)33-29(34-30)22-15-7-4-8-16-22/h3-20H,1-2H3. The molecule has 4 heteroatoms. The van der Waals surface area contributed by atoms with E-state index in [0.29, 0.717) is 16.7 Å². The summed E-state index contributed by atoms with van der Waals surface area (Å²) in [6.07, 6.45) is 0. The molecule has 0 amide bonds. The summed E-state index contributed by atoms with van der Waals surface area (Å²) in [7, 11) is 0. The van der Waals surface area contributed by atoms with Crippen molar-refractivity contribution in [3.8, 4) is 22.6 Å². The van der Waals surface area contributed by atoms with E-state index in [1.165, 1.54) is 11.1 Å². The third-order valence-corrected chi connectivity index (χ3v) is 7.11. The van der Waals surface area contributed by atoms with Crippen molar-refractivity contribution in [2.45, 2.75) is 19.3 Å². The molecule has 3 nitrogen and oxygen atoms in total. The Balaban J connectivity index is 1.68. The maximum Gasteiger partial charge on any atom is 0.162 e. The Morgan fingerprint density at radius 1 is 0.600 bits per heavy atom. The Labute approximate surface area is 210 Å². The van der Waals surface area contributed by atoms with Gasteiger partial charge in [0.15, 0.2) is 11.6 Å². The van der Waals surface area contributed by atoms with Gasteiger partial charge in [-0.3, -0.25) is 4.90 Å². The van der Waals surface area contributed by atoms with Gasteiger partial charge in [-0.25, -0.2) is 9.97 Å². The molecular weight excluding hydrogens is 450 g/mol. The van der Waals surface area contributed by atoms with Crippen LogP contribution in [0.4, 0.5) is 17.2 Å². The third-order valence-electron chi connectivity index (χ3n) is 6.76. The molecule has 0 bridgehead atoms. The van der Waals surface area contributed by atoms with Crippen LogP contribution in [0.5, 0.6) is 0 Å². The number of para-hydroxylation sites is 2. The van der Waals surface area contributed by atoms with Gasteiger partial charge in [-0.05, 0) is 23.3 Å². The molecule has 0 radical (unpaired) electrons. The highest BCUT2D eigenvalue weighted by Gasteiger charge is 2.38. The smallest absolute Gasteiger partial charge is 0.162 e. The van der Waals surface area contributed by atoms with E-state index in [9.17, 15) is 0 Å². The van der Waals surface area contributed by atoms with Crippen LogP contribution < -0.4 is 4.90 Å². The lowest BCUT2D eigenvalue weighted by molar-refractivity contribution is 0.631. The highest BCUT2D eigenvalue weighted by molar-refractivity contribution is 6.35. The molecule has 0 saturated heterocycles. The molecule has 2 heterocycles. The minimum Gasteiger partial charge on any atom is -0.293 e. The highest BCUT2D eigenvalue weighted by atomic mass is 35.5. The molecule has 0 N–H and O–H groups in total. The van der Waals surface area contributed by atoms with Crippen molar-refractivity contribution >= 4 is 28.8 Å². The zero-order chi connectivity index (χ0) is 24.0. The maximum absolute atomic E-state index is 7.17. The summed E-state index contributed by atoms with van der Waals surface area (Å²) < 4.78 is 0. The van der Waals surface area contributed by atoms with E-state index in [2.05, 4.69) is 67.3 Å². The molecule has 6 rings (SSSR count). The van der Waals surface area contributed by atoms with Crippen molar-refractivity contribution in [1.82, 2.24) is 9.97 Å². The average molecular weight is 474 g/mol. The lowest BCUT2D eigenvalue weighted by Crippen LogP contribution is -2.31. The fourth-order valence-corrected chi connectivity index (χ4v) is 5.26. The summed E-state index contributed by atoms with van der Waals surface area (Å²) in [5.41, 5.74) is 7.08. The number of hydrogen-bond acceptors (Lipinski definition) is 3. The van der Waals surface area contributed by atoms with Crippen molar-refractivity contribution < 1.29 is 0 Å². The predicted molar refractivity (Wildman–Crippen MR) is 145 cm³/mol. The fourth-order valence-electron chi connectivity index (χ4n) is 4.98. The summed E-state index contributed by atoms with van der Waals surface area (Å²) in [5, 5.41) is 0.528. The molecule has 4 aromatic carbocycles. The van der Waals surface area contributed by atoms with Gasteiger partial charge < -0.3 is 0 Å². The minimum absolute atomic E-state index is 0.159. The van der Waals surface area contributed by atoms with Crippen LogP contribution in [0.3, 0.4) is 0 Å². The molecule has 0 atom stereocenters. The summed E-state index contributed by atoms with van der Waals surface area (Å²) in [6.45, 7) is 4.54. The number of anilines is 3. The van der Waals surface area contributed by atoms with Crippen LogP contribution in [0, 0.1) is 0 Å². The number of benzene rings is 4. The first-order valence-corrected chi connectivity index (χ1v) is 12.1. The van der Waals surface area contributed by atoms with E-state index in [4.69, 9.17) is 21.6 Å². The Bertz CT molecular complexity index is 1480. The molecule has 1 aliphatic rings. The summed E-state index contributed by atoms with van der Waals surface area (Å²) >= 11 is 7.17. The molecule has 0 aliphatic carbocycles. The van der Waals surface area contributed by atoms with E-state index in [0.717, 1.165) is 28.2 Å². The van der Waals surface area contributed by atoms with E-state index < -0.39 is 0 Å². The van der Waals surface area contributed by atoms with Crippen molar-refractivity contribution in [1.29, 1.82) is 0 Å². The molecule has 0 unspecified atom stereocenters. The van der Waals surface area contributed by atoms with E-state index in [-0.39, 0.29) is 5.41 Å². The van der Waals surface area contributed by atoms with E-state index >= 15 is 0 Å². The van der Waals surface area contributed by atoms with E-state index in [1.807, 2.05) is 60.7 Å². The van der Waals surface area contributed by atoms with Gasteiger partial charge >= 0.3 is 0 Å². The molecule has 1 aliphatic heterocycles. The number of rotatable bonds is 3. The van der Waals surface area contributed by atoms with Gasteiger partial charge in [0, 0.05) is 16.5 Å². The molecule has 0 spiro atoms. The Hall–Kier alpha value is -3.95. The second-order valence-corrected chi connectivity index (χ2v) is 9.64. The second kappa shape index (κ2) is 8.37. The van der Waals surface area contributed by atoms with Crippen LogP contribution in [-0.4, -0.2) is 9.97 Å². The quantitative estimate of drug-likeness (QED) is 0.262. The molecular formula is C31H24ClN3. The first-order valence-electron chi connectivity index (χ1n) is 11.7. The number of hydrogen-bond donors (Lipinski definition) is 0. The first-order chi connectivity index (χ1) is 17.1. The summed E-state index contributed by atoms with van der Waals surface area (Å²) in [4.78, 5) is 12.2. The van der Waals surface area contributed by atoms with Gasteiger partial charge in [0.25, 0.3) is 0 Å². The normalized spacial score (nSPS) is 13.7. The molecule has 35 heavy (non-hydrogen) atoms. The zero-order valence-corrected chi connectivity index (χ0v) is 20.4. The van der Waals surface area contributed by atoms with Crippen LogP contribution in [0.15, 0.2) is 109 Å². The van der Waals surface area contributed by atoms with Crippen LogP contribution in [-0.2, 0) is 5.41 Å². The second-order valence-electron chi connectivity index (χ2n) is 9.26. The number of nitrogens with zero attached hydrogens (tertiary/aromatic N) is 3. The van der Waals surface area contributed by atoms with Gasteiger partial charge in [0.2, 0.25) is 0 Å². The zero-order valence-electron chi connectivity index (χ0n) is 19.6. The van der Waals surface area contributed by atoms with Crippen molar-refractivity contribution in [3.63, 3.8) is 0 Å². The molecule has 170 valence electrons. The Morgan fingerprint density at radius 2 is 1.09 bits per heavy atom. The molecule has 0 fully saturated rings. The van der Waals surface area contributed by atoms with Gasteiger partial charge in [-0.1, -0.05) is 123 Å². The number of halogens is 1. The van der Waals surface area contributed by atoms with Crippen LogP contribution in [0.25, 0.3) is 22.6 Å². The molecule has 1 aromatic heterocycles. The monoisotopic (exact) mass is 473 g/mol. The highest BCUT2D eigenvalue weighted by Crippen LogP contribution is 2.53. The lowest BCUT2D eigenvalue weighted by atomic mass is 9.73. The maximum atomic E-state index is 7.17. The average Bonchev–Trinajstić information content (AvgIpc) is 2.91. The van der Waals surface area contributed by atoms with Gasteiger partial charge in [0.05, 0.1) is 17.1 Å². The summed E-state index contributed by atoms with van der Waals surface area (Å²) in [6, 6.07) is 37.2. The molecule has 0 saturated carbocycles. The van der Waals surface area contributed by atoms with Crippen LogP contribution in [0.1, 0.15) is 25.0 Å². The minimum atomic E-state index is -0.159. The van der Waals surface area contributed by atoms with Crippen molar-refractivity contribution in [2.75, 3.05) is 4.90 Å². The SMILES string of the molecule is CC1(C)c2ccccc2N(c2nc(-c3ccccc3)nc(-c3ccccc3)c2Cl)c2ccccc21. The fraction of sp³-hybridized carbons (Fsp3) is 0.0968. The topological polar surface area (TPSA) is 29.0 Å². The van der Waals surface area contributed by atoms with E-state index in [1.54, 1.807) is 0 Å². The van der Waals surface area contributed by atoms with Crippen molar-refractivity contribution in [2.24, 2.45) is 0 Å². The predicted octanol–water partition coefficient (Wildman–Crippen LogP) is 8.57. The van der Waals surface area contributed by atoms with Crippen LogP contribution in [0.2, 0.25) is 5.02 Å². The Morgan fingerprint density at radius 3 is 1.66 bits per heavy atom. The number of aromatic nitrogens is 2. The third kappa shape index (κ3) is 3.51. The van der Waals surface area contributed by atoms with Gasteiger partial charge in [-0.15, -0.1) is 0 Å². The summed E-state index contributed by atoms with van der Waals surface area (Å²) in [5.74, 6) is 1.32. The van der Waals surface area contributed by atoms with Crippen LogP contribution >= 0.6 is 11.6 Å². The molecule has 5 aromatic rings. The van der Waals surface area contributed by atoms with Gasteiger partial charge in [-0.2, -0.15) is 0 Å². The Kier molecular flexibility index (Phi) is 5.16. The lowest BCUT2D eigenvalue weighted by Gasteiger charge is -2.41.